The third-order valence-electron chi connectivity index (χ3n) is 2.69. The molecule has 0 aromatic heterocycles. The minimum Gasteiger partial charge on any atom is -0.464 e. The monoisotopic (exact) mass is 215 g/mol. The number of hydrogen-bond donors (Lipinski definition) is 1. The SMILES string of the molecule is COCCCOC(=O)C1CC(C)CCN1. The fourth-order valence-electron chi connectivity index (χ4n) is 1.76. The Balaban J connectivity index is 2.15. The molecule has 15 heavy (non-hydrogen) atoms. The molecule has 0 bridgehead atoms. The lowest BCUT2D eigenvalue weighted by atomic mass is 9.94. The van der Waals surface area contributed by atoms with Gasteiger partial charge < -0.3 is 14.8 Å². The molecule has 1 aliphatic heterocycles. The van der Waals surface area contributed by atoms with E-state index >= 15 is 0 Å². The summed E-state index contributed by atoms with van der Waals surface area (Å²) in [6.45, 7) is 4.19. The van der Waals surface area contributed by atoms with Crippen molar-refractivity contribution in [2.24, 2.45) is 5.92 Å². The highest BCUT2D eigenvalue weighted by Gasteiger charge is 2.25. The van der Waals surface area contributed by atoms with Crippen molar-refractivity contribution in [2.75, 3.05) is 26.9 Å². The first-order valence-electron chi connectivity index (χ1n) is 5.63. The molecule has 0 radical (unpaired) electrons. The van der Waals surface area contributed by atoms with E-state index < -0.39 is 0 Å². The summed E-state index contributed by atoms with van der Waals surface area (Å²) in [5, 5.41) is 3.18. The largest absolute Gasteiger partial charge is 0.464 e. The Morgan fingerprint density at radius 1 is 1.47 bits per heavy atom. The van der Waals surface area contributed by atoms with E-state index in [0.717, 1.165) is 25.8 Å². The van der Waals surface area contributed by atoms with E-state index in [1.54, 1.807) is 7.11 Å². The van der Waals surface area contributed by atoms with Gasteiger partial charge in [0.05, 0.1) is 6.61 Å². The molecule has 0 saturated carbocycles. The molecule has 1 N–H and O–H groups in total. The molecule has 1 aliphatic rings. The number of esters is 1. The maximum atomic E-state index is 11.6. The molecule has 0 aliphatic carbocycles. The van der Waals surface area contributed by atoms with Crippen molar-refractivity contribution >= 4 is 5.97 Å². The smallest absolute Gasteiger partial charge is 0.323 e. The number of ether oxygens (including phenoxy) is 2. The van der Waals surface area contributed by atoms with Crippen LogP contribution in [0.15, 0.2) is 0 Å². The van der Waals surface area contributed by atoms with E-state index in [4.69, 9.17) is 9.47 Å². The van der Waals surface area contributed by atoms with E-state index in [1.165, 1.54) is 0 Å². The van der Waals surface area contributed by atoms with Gasteiger partial charge in [0.15, 0.2) is 0 Å². The third kappa shape index (κ3) is 4.62. The molecule has 2 atom stereocenters. The van der Waals surface area contributed by atoms with Crippen molar-refractivity contribution < 1.29 is 14.3 Å². The molecule has 0 amide bonds. The van der Waals surface area contributed by atoms with Crippen LogP contribution in [-0.2, 0) is 14.3 Å². The maximum Gasteiger partial charge on any atom is 0.323 e. The van der Waals surface area contributed by atoms with Crippen LogP contribution in [0.2, 0.25) is 0 Å². The lowest BCUT2D eigenvalue weighted by molar-refractivity contribution is -0.147. The minimum absolute atomic E-state index is 0.101. The number of carbonyl (C=O) groups is 1. The van der Waals surface area contributed by atoms with Gasteiger partial charge in [0, 0.05) is 20.1 Å². The number of nitrogens with one attached hydrogen (secondary N) is 1. The minimum atomic E-state index is -0.113. The van der Waals surface area contributed by atoms with Gasteiger partial charge in [0.2, 0.25) is 0 Å². The number of hydrogen-bond acceptors (Lipinski definition) is 4. The van der Waals surface area contributed by atoms with Gasteiger partial charge in [-0.1, -0.05) is 6.92 Å². The summed E-state index contributed by atoms with van der Waals surface area (Å²) in [5.41, 5.74) is 0. The third-order valence-corrected chi connectivity index (χ3v) is 2.69. The molecule has 1 saturated heterocycles. The van der Waals surface area contributed by atoms with Gasteiger partial charge in [-0.3, -0.25) is 4.79 Å². The summed E-state index contributed by atoms with van der Waals surface area (Å²) in [6, 6.07) is -0.101. The molecule has 0 aromatic carbocycles. The van der Waals surface area contributed by atoms with Gasteiger partial charge in [-0.2, -0.15) is 0 Å². The first kappa shape index (κ1) is 12.5. The van der Waals surface area contributed by atoms with E-state index in [-0.39, 0.29) is 12.0 Å². The van der Waals surface area contributed by atoms with E-state index in [0.29, 0.717) is 19.1 Å². The van der Waals surface area contributed by atoms with Gasteiger partial charge in [0.1, 0.15) is 6.04 Å². The van der Waals surface area contributed by atoms with Crippen LogP contribution in [0.1, 0.15) is 26.2 Å². The van der Waals surface area contributed by atoms with E-state index in [2.05, 4.69) is 12.2 Å². The average Bonchev–Trinajstić information content (AvgIpc) is 2.24. The Morgan fingerprint density at radius 3 is 2.93 bits per heavy atom. The average molecular weight is 215 g/mol. The molecular formula is C11H21NO3. The van der Waals surface area contributed by atoms with Crippen molar-refractivity contribution in [3.63, 3.8) is 0 Å². The number of methoxy groups -OCH3 is 1. The Hall–Kier alpha value is -0.610. The molecule has 0 aromatic rings. The first-order chi connectivity index (χ1) is 7.24. The second-order valence-electron chi connectivity index (χ2n) is 4.15. The number of piperidine rings is 1. The van der Waals surface area contributed by atoms with Gasteiger partial charge in [-0.05, 0) is 25.3 Å². The Kier molecular flexibility index (Phi) is 5.65. The summed E-state index contributed by atoms with van der Waals surface area (Å²) < 4.78 is 10.0. The van der Waals surface area contributed by atoms with Gasteiger partial charge in [0.25, 0.3) is 0 Å². The molecule has 1 fully saturated rings. The molecule has 4 nitrogen and oxygen atoms in total. The quantitative estimate of drug-likeness (QED) is 0.548. The molecule has 88 valence electrons. The summed E-state index contributed by atoms with van der Waals surface area (Å²) in [6.07, 6.45) is 2.81. The fourth-order valence-corrected chi connectivity index (χ4v) is 1.76. The highest BCUT2D eigenvalue weighted by atomic mass is 16.5. The number of rotatable bonds is 5. The normalized spacial score (nSPS) is 26.3. The Bertz CT molecular complexity index is 196. The van der Waals surface area contributed by atoms with Gasteiger partial charge in [-0.15, -0.1) is 0 Å². The van der Waals surface area contributed by atoms with Crippen molar-refractivity contribution in [2.45, 2.75) is 32.2 Å². The standard InChI is InChI=1S/C11H21NO3/c1-9-4-5-12-10(8-9)11(13)15-7-3-6-14-2/h9-10,12H,3-8H2,1-2H3. The van der Waals surface area contributed by atoms with Crippen LogP contribution >= 0.6 is 0 Å². The lowest BCUT2D eigenvalue weighted by Crippen LogP contribution is -2.44. The lowest BCUT2D eigenvalue weighted by Gasteiger charge is -2.26. The molecular weight excluding hydrogens is 194 g/mol. The summed E-state index contributed by atoms with van der Waals surface area (Å²) in [4.78, 5) is 11.6. The van der Waals surface area contributed by atoms with Crippen LogP contribution in [0.4, 0.5) is 0 Å². The molecule has 1 heterocycles. The zero-order valence-corrected chi connectivity index (χ0v) is 9.62. The molecule has 1 rings (SSSR count). The molecule has 2 unspecified atom stereocenters. The summed E-state index contributed by atoms with van der Waals surface area (Å²) >= 11 is 0. The second-order valence-corrected chi connectivity index (χ2v) is 4.15. The van der Waals surface area contributed by atoms with Crippen LogP contribution in [0.5, 0.6) is 0 Å². The summed E-state index contributed by atoms with van der Waals surface area (Å²) in [5.74, 6) is 0.500. The predicted molar refractivity (Wildman–Crippen MR) is 57.6 cm³/mol. The number of carbonyl (C=O) groups excluding carboxylic acids is 1. The maximum absolute atomic E-state index is 11.6. The fraction of sp³-hybridized carbons (Fsp3) is 0.909. The van der Waals surface area contributed by atoms with Crippen molar-refractivity contribution in [3.8, 4) is 0 Å². The van der Waals surface area contributed by atoms with Crippen LogP contribution in [0, 0.1) is 5.92 Å². The van der Waals surface area contributed by atoms with Crippen LogP contribution in [-0.4, -0.2) is 38.9 Å². The van der Waals surface area contributed by atoms with Crippen molar-refractivity contribution in [1.82, 2.24) is 5.32 Å². The van der Waals surface area contributed by atoms with E-state index in [1.807, 2.05) is 0 Å². The first-order valence-corrected chi connectivity index (χ1v) is 5.63. The van der Waals surface area contributed by atoms with Crippen molar-refractivity contribution in [3.05, 3.63) is 0 Å². The predicted octanol–water partition coefficient (Wildman–Crippen LogP) is 0.954. The topological polar surface area (TPSA) is 47.6 Å². The van der Waals surface area contributed by atoms with Gasteiger partial charge in [-0.25, -0.2) is 0 Å². The zero-order chi connectivity index (χ0) is 11.1. The Labute approximate surface area is 91.3 Å². The molecule has 0 spiro atoms. The second kappa shape index (κ2) is 6.80. The van der Waals surface area contributed by atoms with Crippen molar-refractivity contribution in [1.29, 1.82) is 0 Å². The van der Waals surface area contributed by atoms with Crippen LogP contribution < -0.4 is 5.32 Å². The zero-order valence-electron chi connectivity index (χ0n) is 9.62. The van der Waals surface area contributed by atoms with Gasteiger partial charge >= 0.3 is 5.97 Å². The Morgan fingerprint density at radius 2 is 2.27 bits per heavy atom. The highest BCUT2D eigenvalue weighted by molar-refractivity contribution is 5.75. The van der Waals surface area contributed by atoms with Crippen LogP contribution in [0.3, 0.4) is 0 Å². The molecule has 4 heteroatoms. The highest BCUT2D eigenvalue weighted by Crippen LogP contribution is 2.15. The summed E-state index contributed by atoms with van der Waals surface area (Å²) in [7, 11) is 1.65. The van der Waals surface area contributed by atoms with E-state index in [9.17, 15) is 4.79 Å². The van der Waals surface area contributed by atoms with Crippen LogP contribution in [0.25, 0.3) is 0 Å².